The molecule has 8 heteroatoms. The number of nitrogens with zero attached hydrogens (tertiary/aromatic N) is 4. The summed E-state index contributed by atoms with van der Waals surface area (Å²) in [6.45, 7) is 1.99. The van der Waals surface area contributed by atoms with Crippen LogP contribution in [0.5, 0.6) is 0 Å². The predicted molar refractivity (Wildman–Crippen MR) is 120 cm³/mol. The van der Waals surface area contributed by atoms with Crippen molar-refractivity contribution in [2.75, 3.05) is 11.6 Å². The lowest BCUT2D eigenvalue weighted by Crippen LogP contribution is -2.25. The number of aromatic nitrogens is 3. The zero-order valence-corrected chi connectivity index (χ0v) is 17.7. The van der Waals surface area contributed by atoms with Crippen LogP contribution in [0.1, 0.15) is 16.8 Å². The number of rotatable bonds is 5. The Hall–Kier alpha value is -3.70. The van der Waals surface area contributed by atoms with Crippen LogP contribution in [0.4, 0.5) is 10.3 Å². The Morgan fingerprint density at radius 1 is 1.16 bits per heavy atom. The van der Waals surface area contributed by atoms with Gasteiger partial charge in [-0.05, 0) is 43.0 Å². The molecule has 6 nitrogen and oxygen atoms in total. The second-order valence-corrected chi connectivity index (χ2v) is 7.61. The van der Waals surface area contributed by atoms with Crippen molar-refractivity contribution in [3.8, 4) is 11.8 Å². The van der Waals surface area contributed by atoms with Gasteiger partial charge in [0, 0.05) is 6.54 Å². The van der Waals surface area contributed by atoms with Crippen molar-refractivity contribution in [3.63, 3.8) is 0 Å². The van der Waals surface area contributed by atoms with E-state index in [4.69, 9.17) is 0 Å². The number of nitrogens with one attached hydrogen (secondary N) is 1. The first-order valence-electron chi connectivity index (χ1n) is 9.48. The smallest absolute Gasteiger partial charge is 0.269 e. The highest BCUT2D eigenvalue weighted by atomic mass is 32.2. The van der Waals surface area contributed by atoms with Crippen LogP contribution in [0, 0.1) is 24.1 Å². The largest absolute Gasteiger partial charge is 0.351 e. The molecule has 0 saturated heterocycles. The summed E-state index contributed by atoms with van der Waals surface area (Å²) in [7, 11) is 0. The molecule has 0 atom stereocenters. The molecular formula is C23H18FN5OS. The second kappa shape index (κ2) is 8.58. The summed E-state index contributed by atoms with van der Waals surface area (Å²) in [5.74, 6) is -0.0774. The van der Waals surface area contributed by atoms with Gasteiger partial charge in [0.2, 0.25) is 5.95 Å². The molecular weight excluding hydrogens is 413 g/mol. The summed E-state index contributed by atoms with van der Waals surface area (Å²) in [6, 6.07) is 17.4. The molecule has 0 unspecified atom stereocenters. The fourth-order valence-corrected chi connectivity index (χ4v) is 3.98. The molecule has 0 amide bonds. The lowest BCUT2D eigenvalue weighted by atomic mass is 10.1. The van der Waals surface area contributed by atoms with Gasteiger partial charge >= 0.3 is 0 Å². The van der Waals surface area contributed by atoms with Gasteiger partial charge in [0.05, 0.1) is 16.8 Å². The van der Waals surface area contributed by atoms with E-state index in [1.54, 1.807) is 31.2 Å². The topological polar surface area (TPSA) is 83.6 Å². The Balaban J connectivity index is 1.97. The van der Waals surface area contributed by atoms with Crippen molar-refractivity contribution in [1.29, 1.82) is 5.26 Å². The number of fused-ring (bicyclic) bond motifs is 1. The van der Waals surface area contributed by atoms with Crippen LogP contribution in [0.3, 0.4) is 0 Å². The average molecular weight is 431 g/mol. The fraction of sp³-hybridized carbons (Fsp3) is 0.130. The molecule has 4 rings (SSSR count). The molecule has 2 aromatic heterocycles. The maximum absolute atomic E-state index is 13.6. The molecule has 1 N–H and O–H groups in total. The number of benzene rings is 2. The van der Waals surface area contributed by atoms with Gasteiger partial charge in [-0.1, -0.05) is 30.3 Å². The third kappa shape index (κ3) is 3.88. The highest BCUT2D eigenvalue weighted by Crippen LogP contribution is 2.27. The molecule has 0 radical (unpaired) electrons. The number of anilines is 1. The number of halogens is 1. The van der Waals surface area contributed by atoms with Crippen LogP contribution >= 0.6 is 11.8 Å². The number of hydrogen-bond acceptors (Lipinski definition) is 6. The first-order chi connectivity index (χ1) is 15.0. The van der Waals surface area contributed by atoms with Crippen molar-refractivity contribution in [2.24, 2.45) is 0 Å². The molecule has 4 aromatic rings. The Labute approximate surface area is 182 Å². The van der Waals surface area contributed by atoms with Crippen molar-refractivity contribution in [2.45, 2.75) is 18.5 Å². The van der Waals surface area contributed by atoms with Gasteiger partial charge in [-0.15, -0.1) is 11.8 Å². The van der Waals surface area contributed by atoms with Crippen LogP contribution in [0.25, 0.3) is 16.6 Å². The molecule has 154 valence electrons. The lowest BCUT2D eigenvalue weighted by molar-refractivity contribution is 0.626. The molecule has 0 aliphatic rings. The van der Waals surface area contributed by atoms with Gasteiger partial charge in [0.25, 0.3) is 5.56 Å². The van der Waals surface area contributed by atoms with Gasteiger partial charge < -0.3 is 5.32 Å². The minimum atomic E-state index is -0.343. The Bertz CT molecular complexity index is 1380. The molecule has 0 saturated carbocycles. The Morgan fingerprint density at radius 3 is 2.61 bits per heavy atom. The van der Waals surface area contributed by atoms with Gasteiger partial charge in [-0.2, -0.15) is 5.26 Å². The van der Waals surface area contributed by atoms with Crippen molar-refractivity contribution in [3.05, 3.63) is 87.6 Å². The molecule has 0 bridgehead atoms. The number of aryl methyl sites for hydroxylation is 1. The standard InChI is InChI=1S/C23H18FN5OS/c1-14-19-20(18(12-25)21(27-14)31-2)28-23(26-13-15-7-6-8-16(24)11-15)29(22(19)30)17-9-4-3-5-10-17/h3-11H,13H2,1-2H3,(H,26,28). The zero-order chi connectivity index (χ0) is 22.0. The van der Waals surface area contributed by atoms with Crippen LogP contribution in [0.2, 0.25) is 0 Å². The molecule has 0 fully saturated rings. The predicted octanol–water partition coefficient (Wildman–Crippen LogP) is 4.43. The van der Waals surface area contributed by atoms with E-state index in [1.807, 2.05) is 24.5 Å². The van der Waals surface area contributed by atoms with Crippen LogP contribution in [-0.4, -0.2) is 20.8 Å². The molecule has 31 heavy (non-hydrogen) atoms. The van der Waals surface area contributed by atoms with Crippen LogP contribution in [-0.2, 0) is 6.54 Å². The Morgan fingerprint density at radius 2 is 1.94 bits per heavy atom. The quantitative estimate of drug-likeness (QED) is 0.471. The summed E-state index contributed by atoms with van der Waals surface area (Å²) in [5, 5.41) is 13.7. The number of hydrogen-bond donors (Lipinski definition) is 1. The molecule has 2 heterocycles. The highest BCUT2D eigenvalue weighted by Gasteiger charge is 2.20. The van der Waals surface area contributed by atoms with Crippen LogP contribution in [0.15, 0.2) is 64.4 Å². The van der Waals surface area contributed by atoms with Gasteiger partial charge in [-0.3, -0.25) is 4.79 Å². The molecule has 0 aliphatic heterocycles. The molecule has 0 spiro atoms. The first kappa shape index (κ1) is 20.6. The lowest BCUT2D eigenvalue weighted by Gasteiger charge is -2.17. The third-order valence-corrected chi connectivity index (χ3v) is 5.51. The maximum atomic E-state index is 13.6. The van der Waals surface area contributed by atoms with Crippen molar-refractivity contribution < 1.29 is 4.39 Å². The number of thioether (sulfide) groups is 1. The van der Waals surface area contributed by atoms with E-state index in [-0.39, 0.29) is 29.4 Å². The van der Waals surface area contributed by atoms with E-state index in [9.17, 15) is 14.4 Å². The van der Waals surface area contributed by atoms with E-state index in [1.165, 1.54) is 28.5 Å². The van der Waals surface area contributed by atoms with Gasteiger partial charge in [0.15, 0.2) is 0 Å². The number of pyridine rings is 1. The SMILES string of the molecule is CSc1nc(C)c2c(=O)n(-c3ccccc3)c(NCc3cccc(F)c3)nc2c1C#N. The average Bonchev–Trinajstić information content (AvgIpc) is 2.77. The maximum Gasteiger partial charge on any atom is 0.269 e. The zero-order valence-electron chi connectivity index (χ0n) is 16.9. The van der Waals surface area contributed by atoms with E-state index >= 15 is 0 Å². The Kier molecular flexibility index (Phi) is 5.69. The minimum Gasteiger partial charge on any atom is -0.351 e. The highest BCUT2D eigenvalue weighted by molar-refractivity contribution is 7.98. The summed E-state index contributed by atoms with van der Waals surface area (Å²) in [5.41, 5.74) is 2.07. The van der Waals surface area contributed by atoms with Crippen LogP contribution < -0.4 is 10.9 Å². The summed E-state index contributed by atoms with van der Waals surface area (Å²) < 4.78 is 15.0. The molecule has 0 aliphatic carbocycles. The van der Waals surface area contributed by atoms with Crippen molar-refractivity contribution in [1.82, 2.24) is 14.5 Å². The van der Waals surface area contributed by atoms with Gasteiger partial charge in [0.1, 0.15) is 28.0 Å². The number of nitriles is 1. The summed E-state index contributed by atoms with van der Waals surface area (Å²) >= 11 is 1.33. The molecule has 2 aromatic carbocycles. The summed E-state index contributed by atoms with van der Waals surface area (Å²) in [4.78, 5) is 22.7. The van der Waals surface area contributed by atoms with Crippen molar-refractivity contribution >= 4 is 28.6 Å². The number of para-hydroxylation sites is 1. The normalized spacial score (nSPS) is 10.8. The van der Waals surface area contributed by atoms with E-state index < -0.39 is 0 Å². The summed E-state index contributed by atoms with van der Waals surface area (Å²) in [6.07, 6.45) is 1.82. The van der Waals surface area contributed by atoms with E-state index in [2.05, 4.69) is 21.4 Å². The van der Waals surface area contributed by atoms with Gasteiger partial charge in [-0.25, -0.2) is 18.9 Å². The second-order valence-electron chi connectivity index (χ2n) is 6.81. The monoisotopic (exact) mass is 431 g/mol. The first-order valence-corrected chi connectivity index (χ1v) is 10.7. The third-order valence-electron chi connectivity index (χ3n) is 4.82. The fourth-order valence-electron chi connectivity index (χ4n) is 3.41. The van der Waals surface area contributed by atoms with E-state index in [0.717, 1.165) is 0 Å². The van der Waals surface area contributed by atoms with E-state index in [0.29, 0.717) is 32.9 Å². The minimum absolute atomic E-state index is 0.254.